The zero-order valence-corrected chi connectivity index (χ0v) is 32.7. The zero-order chi connectivity index (χ0) is 39.4. The number of para-hydroxylation sites is 1. The Morgan fingerprint density at radius 2 is 1.37 bits per heavy atom. The maximum Gasteiger partial charge on any atom is 0.227 e. The molecule has 12 rings (SSSR count). The fraction of sp³-hybridized carbons (Fsp3) is 0.0577. The molecule has 1 aliphatic rings. The highest BCUT2D eigenvalue weighted by Gasteiger charge is 2.29. The smallest absolute Gasteiger partial charge is 0.227 e. The molecule has 0 bridgehead atoms. The molecule has 279 valence electrons. The summed E-state index contributed by atoms with van der Waals surface area (Å²) in [6.45, 7) is 2.25. The molecule has 1 aliphatic heterocycles. The average molecular weight is 760 g/mol. The van der Waals surface area contributed by atoms with Gasteiger partial charge in [0.15, 0.2) is 12.9 Å². The van der Waals surface area contributed by atoms with E-state index in [2.05, 4.69) is 158 Å². The van der Waals surface area contributed by atoms with Gasteiger partial charge in [0.1, 0.15) is 16.7 Å². The van der Waals surface area contributed by atoms with Gasteiger partial charge >= 0.3 is 0 Å². The fourth-order valence-corrected chi connectivity index (χ4v) is 9.11. The van der Waals surface area contributed by atoms with E-state index in [9.17, 15) is 0 Å². The highest BCUT2D eigenvalue weighted by molar-refractivity contribution is 6.73. The van der Waals surface area contributed by atoms with Gasteiger partial charge in [0.25, 0.3) is 0 Å². The molecule has 1 radical (unpaired) electrons. The first-order valence-electron chi connectivity index (χ1n) is 20.0. The second-order valence-electron chi connectivity index (χ2n) is 15.8. The summed E-state index contributed by atoms with van der Waals surface area (Å²) in [5, 5.41) is 8.45. The van der Waals surface area contributed by atoms with Gasteiger partial charge in [0.2, 0.25) is 5.89 Å². The minimum atomic E-state index is 0.613. The van der Waals surface area contributed by atoms with E-state index in [1.165, 1.54) is 33.0 Å². The van der Waals surface area contributed by atoms with Crippen LogP contribution in [0.15, 0.2) is 167 Å². The van der Waals surface area contributed by atoms with Crippen LogP contribution in [0.2, 0.25) is 0 Å². The van der Waals surface area contributed by atoms with Crippen molar-refractivity contribution in [2.75, 3.05) is 24.3 Å². The van der Waals surface area contributed by atoms with Crippen LogP contribution in [-0.4, -0.2) is 30.9 Å². The summed E-state index contributed by atoms with van der Waals surface area (Å²) in [6.07, 6.45) is 0. The van der Waals surface area contributed by atoms with Crippen LogP contribution in [0.1, 0.15) is 5.56 Å². The van der Waals surface area contributed by atoms with Gasteiger partial charge in [-0.05, 0) is 101 Å². The van der Waals surface area contributed by atoms with Crippen molar-refractivity contribution < 1.29 is 8.83 Å². The van der Waals surface area contributed by atoms with E-state index in [1.807, 2.05) is 42.5 Å². The summed E-state index contributed by atoms with van der Waals surface area (Å²) in [4.78, 5) is 7.12. The van der Waals surface area contributed by atoms with Crippen LogP contribution < -0.4 is 21.1 Å². The molecule has 0 saturated carbocycles. The standard InChI is InChI=1S/C52H36BN4O2/c1-30-24-39(37-26-38-36-16-10-11-17-46(36)58-47(38)28-42(37)54-34-19-21-35(22-20-34)56(2)3)50-51-49(30)40-25-33(31-12-6-4-7-13-31)18-23-44(40)57(51)45-29-48-43(27-41(45)53-50)55-52(59-48)32-14-8-5-9-15-32/h4-29,54H,1-3H3. The first kappa shape index (κ1) is 33.6. The molecule has 8 aromatic carbocycles. The molecule has 1 N–H and O–H groups in total. The minimum Gasteiger partial charge on any atom is -0.456 e. The number of aromatic nitrogens is 2. The van der Waals surface area contributed by atoms with Gasteiger partial charge in [-0.3, -0.25) is 0 Å². The third-order valence-electron chi connectivity index (χ3n) is 11.9. The lowest BCUT2D eigenvalue weighted by molar-refractivity contribution is 0.619. The number of aryl methyl sites for hydroxylation is 1. The summed E-state index contributed by atoms with van der Waals surface area (Å²) < 4.78 is 15.4. The lowest BCUT2D eigenvalue weighted by atomic mass is 9.58. The first-order valence-corrected chi connectivity index (χ1v) is 20.0. The Morgan fingerprint density at radius 3 is 2.17 bits per heavy atom. The number of nitrogens with zero attached hydrogens (tertiary/aromatic N) is 3. The Labute approximate surface area is 341 Å². The molecule has 7 heteroatoms. The van der Waals surface area contributed by atoms with E-state index < -0.39 is 0 Å². The summed E-state index contributed by atoms with van der Waals surface area (Å²) in [7, 11) is 6.48. The van der Waals surface area contributed by atoms with Crippen molar-refractivity contribution in [3.05, 3.63) is 163 Å². The second-order valence-corrected chi connectivity index (χ2v) is 15.8. The Hall–Kier alpha value is -7.51. The van der Waals surface area contributed by atoms with E-state index in [0.29, 0.717) is 5.89 Å². The number of hydrogen-bond donors (Lipinski definition) is 1. The van der Waals surface area contributed by atoms with Gasteiger partial charge in [-0.15, -0.1) is 0 Å². The van der Waals surface area contributed by atoms with Crippen LogP contribution in [0.25, 0.3) is 94.2 Å². The molecule has 11 aromatic rings. The van der Waals surface area contributed by atoms with Gasteiger partial charge in [-0.1, -0.05) is 84.3 Å². The second kappa shape index (κ2) is 12.8. The van der Waals surface area contributed by atoms with Gasteiger partial charge in [-0.25, -0.2) is 4.98 Å². The number of fused-ring (bicyclic) bond motifs is 9. The highest BCUT2D eigenvalue weighted by atomic mass is 16.3. The minimum absolute atomic E-state index is 0.613. The van der Waals surface area contributed by atoms with E-state index in [-0.39, 0.29) is 0 Å². The van der Waals surface area contributed by atoms with Crippen molar-refractivity contribution >= 4 is 90.1 Å². The largest absolute Gasteiger partial charge is 0.456 e. The Bertz CT molecular complexity index is 3470. The van der Waals surface area contributed by atoms with Crippen LogP contribution in [0.5, 0.6) is 0 Å². The van der Waals surface area contributed by atoms with Crippen molar-refractivity contribution in [1.82, 2.24) is 9.55 Å². The number of furan rings is 1. The summed E-state index contributed by atoms with van der Waals surface area (Å²) in [5.41, 5.74) is 18.8. The third-order valence-corrected chi connectivity index (χ3v) is 11.9. The molecule has 6 nitrogen and oxygen atoms in total. The summed E-state index contributed by atoms with van der Waals surface area (Å²) >= 11 is 0. The molecule has 4 heterocycles. The maximum absolute atomic E-state index is 6.49. The van der Waals surface area contributed by atoms with Gasteiger partial charge in [0.05, 0.1) is 11.2 Å². The Balaban J connectivity index is 1.14. The SMILES string of the molecule is Cc1cc(-c2cc3c(cc2Nc2ccc(N(C)C)cc2)oc2ccccc23)c2c3c1c1cc(-c4ccccc4)ccc1n3-c1cc3oc(-c4ccccc4)nc3cc1[B]2. The van der Waals surface area contributed by atoms with E-state index in [1.54, 1.807) is 0 Å². The summed E-state index contributed by atoms with van der Waals surface area (Å²) in [5.74, 6) is 0.613. The lowest BCUT2D eigenvalue weighted by Gasteiger charge is -2.24. The predicted octanol–water partition coefficient (Wildman–Crippen LogP) is 11.9. The van der Waals surface area contributed by atoms with Crippen LogP contribution in [0, 0.1) is 6.92 Å². The van der Waals surface area contributed by atoms with Crippen molar-refractivity contribution in [3.63, 3.8) is 0 Å². The van der Waals surface area contributed by atoms with E-state index in [4.69, 9.17) is 13.8 Å². The van der Waals surface area contributed by atoms with Gasteiger partial charge < -0.3 is 23.6 Å². The number of anilines is 3. The maximum atomic E-state index is 6.49. The Kier molecular flexibility index (Phi) is 7.27. The molecule has 0 aliphatic carbocycles. The molecule has 3 aromatic heterocycles. The molecule has 0 amide bonds. The quantitative estimate of drug-likeness (QED) is 0.171. The average Bonchev–Trinajstić information content (AvgIpc) is 3.96. The number of rotatable bonds is 6. The number of benzene rings is 8. The number of hydrogen-bond acceptors (Lipinski definition) is 5. The van der Waals surface area contributed by atoms with E-state index >= 15 is 0 Å². The molecule has 0 fully saturated rings. The molecule has 0 spiro atoms. The van der Waals surface area contributed by atoms with Gasteiger partial charge in [-0.2, -0.15) is 0 Å². The normalized spacial score (nSPS) is 12.1. The zero-order valence-electron chi connectivity index (χ0n) is 32.7. The fourth-order valence-electron chi connectivity index (χ4n) is 9.11. The molecule has 59 heavy (non-hydrogen) atoms. The predicted molar refractivity (Wildman–Crippen MR) is 246 cm³/mol. The van der Waals surface area contributed by atoms with Crippen LogP contribution in [0.4, 0.5) is 17.1 Å². The first-order chi connectivity index (χ1) is 28.9. The molecular formula is C52H36BN4O2. The van der Waals surface area contributed by atoms with Crippen LogP contribution in [-0.2, 0) is 0 Å². The van der Waals surface area contributed by atoms with Crippen LogP contribution in [0.3, 0.4) is 0 Å². The van der Waals surface area contributed by atoms with Crippen molar-refractivity contribution in [1.29, 1.82) is 0 Å². The monoisotopic (exact) mass is 759 g/mol. The van der Waals surface area contributed by atoms with Gasteiger partial charge in [0, 0.05) is 81.5 Å². The van der Waals surface area contributed by atoms with Crippen molar-refractivity contribution in [2.45, 2.75) is 6.92 Å². The molecule has 0 saturated heterocycles. The number of nitrogens with one attached hydrogen (secondary N) is 1. The highest BCUT2D eigenvalue weighted by Crippen LogP contribution is 2.43. The molecule has 0 atom stereocenters. The lowest BCUT2D eigenvalue weighted by Crippen LogP contribution is -2.37. The Morgan fingerprint density at radius 1 is 0.610 bits per heavy atom. The molecule has 0 unspecified atom stereocenters. The van der Waals surface area contributed by atoms with Crippen molar-refractivity contribution in [2.24, 2.45) is 0 Å². The molecular weight excluding hydrogens is 723 g/mol. The number of oxazole rings is 1. The van der Waals surface area contributed by atoms with Crippen molar-refractivity contribution in [3.8, 4) is 39.4 Å². The summed E-state index contributed by atoms with van der Waals surface area (Å²) in [6, 6.07) is 55.7. The van der Waals surface area contributed by atoms with Crippen LogP contribution >= 0.6 is 0 Å². The topological polar surface area (TPSA) is 59.4 Å². The van der Waals surface area contributed by atoms with E-state index in [0.717, 1.165) is 88.9 Å². The third kappa shape index (κ3) is 5.24.